The van der Waals surface area contributed by atoms with E-state index in [-0.39, 0.29) is 6.10 Å². The van der Waals surface area contributed by atoms with Crippen LogP contribution in [0.25, 0.3) is 0 Å². The van der Waals surface area contributed by atoms with Gasteiger partial charge in [0.2, 0.25) is 0 Å². The fraction of sp³-hybridized carbons (Fsp3) is 0.800. The molecule has 1 fully saturated rings. The molecule has 1 nitrogen and oxygen atoms in total. The first-order chi connectivity index (χ1) is 5.23. The van der Waals surface area contributed by atoms with Crippen molar-refractivity contribution in [2.24, 2.45) is 5.41 Å². The monoisotopic (exact) mass is 152 g/mol. The Balaban J connectivity index is 2.47. The smallest absolute Gasteiger partial charge is 0.0733 e. The maximum Gasteiger partial charge on any atom is 0.0733 e. The van der Waals surface area contributed by atoms with Crippen molar-refractivity contribution >= 4 is 0 Å². The molecule has 0 saturated heterocycles. The van der Waals surface area contributed by atoms with Crippen LogP contribution < -0.4 is 0 Å². The van der Waals surface area contributed by atoms with Gasteiger partial charge in [0.1, 0.15) is 0 Å². The molecule has 1 aliphatic rings. The Hall–Kier alpha value is -0.480. The second-order valence-electron chi connectivity index (χ2n) is 3.64. The Morgan fingerprint density at radius 2 is 2.27 bits per heavy atom. The van der Waals surface area contributed by atoms with Crippen molar-refractivity contribution in [3.63, 3.8) is 0 Å². The molecule has 1 heteroatoms. The molecule has 0 spiro atoms. The zero-order valence-corrected chi connectivity index (χ0v) is 7.39. The van der Waals surface area contributed by atoms with Crippen molar-refractivity contribution in [2.75, 3.05) is 7.11 Å². The molecule has 0 amide bonds. The zero-order chi connectivity index (χ0) is 8.32. The third-order valence-electron chi connectivity index (χ3n) is 2.86. The lowest BCUT2D eigenvalue weighted by molar-refractivity contribution is -0.0451. The fourth-order valence-electron chi connectivity index (χ4n) is 1.78. The van der Waals surface area contributed by atoms with Gasteiger partial charge in [-0.25, -0.2) is 0 Å². The lowest BCUT2D eigenvalue weighted by Crippen LogP contribution is -2.39. The average Bonchev–Trinajstić information content (AvgIpc) is 1.96. The maximum absolute atomic E-state index is 5.36. The predicted octanol–water partition coefficient (Wildman–Crippen LogP) is 2.21. The van der Waals surface area contributed by atoms with E-state index in [1.807, 2.05) is 0 Å². The molecule has 0 N–H and O–H groups in total. The van der Waals surface area contributed by atoms with Gasteiger partial charge in [0.25, 0.3) is 0 Å². The number of terminal acetylenes is 1. The van der Waals surface area contributed by atoms with E-state index in [1.54, 1.807) is 7.11 Å². The highest BCUT2D eigenvalue weighted by molar-refractivity contribution is 4.97. The van der Waals surface area contributed by atoms with E-state index < -0.39 is 0 Å². The van der Waals surface area contributed by atoms with Gasteiger partial charge in [0, 0.05) is 13.5 Å². The zero-order valence-electron chi connectivity index (χ0n) is 7.39. The third kappa shape index (κ3) is 1.57. The van der Waals surface area contributed by atoms with Crippen LogP contribution in [0.4, 0.5) is 0 Å². The Kier molecular flexibility index (Phi) is 2.57. The quantitative estimate of drug-likeness (QED) is 0.563. The highest BCUT2D eigenvalue weighted by Crippen LogP contribution is 2.45. The van der Waals surface area contributed by atoms with Crippen LogP contribution in [0.15, 0.2) is 0 Å². The summed E-state index contributed by atoms with van der Waals surface area (Å²) in [4.78, 5) is 0. The van der Waals surface area contributed by atoms with Crippen molar-refractivity contribution < 1.29 is 4.74 Å². The van der Waals surface area contributed by atoms with Gasteiger partial charge in [-0.3, -0.25) is 0 Å². The Morgan fingerprint density at radius 3 is 2.55 bits per heavy atom. The van der Waals surface area contributed by atoms with Gasteiger partial charge in [-0.05, 0) is 18.3 Å². The molecule has 1 aliphatic carbocycles. The van der Waals surface area contributed by atoms with Crippen LogP contribution in [-0.4, -0.2) is 13.2 Å². The summed E-state index contributed by atoms with van der Waals surface area (Å²) < 4.78 is 5.36. The number of ether oxygens (including phenoxy) is 1. The van der Waals surface area contributed by atoms with Crippen LogP contribution in [0.5, 0.6) is 0 Å². The molecule has 0 bridgehead atoms. The fourth-order valence-corrected chi connectivity index (χ4v) is 1.78. The summed E-state index contributed by atoms with van der Waals surface area (Å²) in [6, 6.07) is 0. The number of rotatable bonds is 3. The van der Waals surface area contributed by atoms with E-state index in [4.69, 9.17) is 11.2 Å². The second kappa shape index (κ2) is 3.28. The van der Waals surface area contributed by atoms with Crippen molar-refractivity contribution in [3.8, 4) is 12.3 Å². The second-order valence-corrected chi connectivity index (χ2v) is 3.64. The molecule has 1 rings (SSSR count). The topological polar surface area (TPSA) is 9.23 Å². The summed E-state index contributed by atoms with van der Waals surface area (Å²) in [6.07, 6.45) is 10.2. The predicted molar refractivity (Wildman–Crippen MR) is 46.2 cm³/mol. The average molecular weight is 152 g/mol. The minimum Gasteiger partial charge on any atom is -0.380 e. The van der Waals surface area contributed by atoms with E-state index in [2.05, 4.69) is 12.8 Å². The Bertz CT molecular complexity index is 162. The van der Waals surface area contributed by atoms with Gasteiger partial charge < -0.3 is 4.74 Å². The molecule has 0 aromatic rings. The SMILES string of the molecule is C#CCC(OC)C1(C)CCC1. The first-order valence-electron chi connectivity index (χ1n) is 4.19. The number of hydrogen-bond acceptors (Lipinski definition) is 1. The first-order valence-corrected chi connectivity index (χ1v) is 4.19. The summed E-state index contributed by atoms with van der Waals surface area (Å²) in [5.41, 5.74) is 0.376. The first kappa shape index (κ1) is 8.62. The molecule has 11 heavy (non-hydrogen) atoms. The molecular formula is C10H16O. The molecular weight excluding hydrogens is 136 g/mol. The van der Waals surface area contributed by atoms with Gasteiger partial charge >= 0.3 is 0 Å². The minimum absolute atomic E-state index is 0.279. The molecule has 1 unspecified atom stereocenters. The van der Waals surface area contributed by atoms with Gasteiger partial charge in [-0.1, -0.05) is 13.3 Å². The van der Waals surface area contributed by atoms with Gasteiger partial charge in [-0.2, -0.15) is 0 Å². The number of methoxy groups -OCH3 is 1. The molecule has 0 heterocycles. The Labute approximate surface area is 69.1 Å². The van der Waals surface area contributed by atoms with Gasteiger partial charge in [0.15, 0.2) is 0 Å². The molecule has 1 atom stereocenters. The molecule has 0 radical (unpaired) electrons. The van der Waals surface area contributed by atoms with E-state index >= 15 is 0 Å². The molecule has 0 aromatic carbocycles. The third-order valence-corrected chi connectivity index (χ3v) is 2.86. The van der Waals surface area contributed by atoms with Crippen LogP contribution in [0.2, 0.25) is 0 Å². The summed E-state index contributed by atoms with van der Waals surface area (Å²) in [7, 11) is 1.76. The van der Waals surface area contributed by atoms with Gasteiger partial charge in [0.05, 0.1) is 6.10 Å². The number of hydrogen-bond donors (Lipinski definition) is 0. The maximum atomic E-state index is 5.36. The highest BCUT2D eigenvalue weighted by atomic mass is 16.5. The lowest BCUT2D eigenvalue weighted by atomic mass is 9.66. The van der Waals surface area contributed by atoms with Crippen LogP contribution >= 0.6 is 0 Å². The molecule has 0 aliphatic heterocycles. The largest absolute Gasteiger partial charge is 0.380 e. The normalized spacial score (nSPS) is 23.4. The molecule has 0 aromatic heterocycles. The van der Waals surface area contributed by atoms with E-state index in [1.165, 1.54) is 19.3 Å². The highest BCUT2D eigenvalue weighted by Gasteiger charge is 2.39. The van der Waals surface area contributed by atoms with E-state index in [0.29, 0.717) is 5.41 Å². The summed E-state index contributed by atoms with van der Waals surface area (Å²) in [5.74, 6) is 2.67. The van der Waals surface area contributed by atoms with E-state index in [0.717, 1.165) is 6.42 Å². The summed E-state index contributed by atoms with van der Waals surface area (Å²) in [5, 5.41) is 0. The molecule has 1 saturated carbocycles. The van der Waals surface area contributed by atoms with E-state index in [9.17, 15) is 0 Å². The van der Waals surface area contributed by atoms with Crippen molar-refractivity contribution in [3.05, 3.63) is 0 Å². The minimum atomic E-state index is 0.279. The van der Waals surface area contributed by atoms with Crippen LogP contribution in [-0.2, 0) is 4.74 Å². The Morgan fingerprint density at radius 1 is 1.64 bits per heavy atom. The lowest BCUT2D eigenvalue weighted by Gasteiger charge is -2.43. The summed E-state index contributed by atoms with van der Waals surface area (Å²) >= 11 is 0. The molecule has 62 valence electrons. The van der Waals surface area contributed by atoms with Crippen molar-refractivity contribution in [1.82, 2.24) is 0 Å². The van der Waals surface area contributed by atoms with Crippen LogP contribution in [0.1, 0.15) is 32.6 Å². The van der Waals surface area contributed by atoms with Gasteiger partial charge in [-0.15, -0.1) is 12.3 Å². The standard InChI is InChI=1S/C10H16O/c1-4-6-9(11-3)10(2)7-5-8-10/h1,9H,5-8H2,2-3H3. The van der Waals surface area contributed by atoms with Crippen molar-refractivity contribution in [1.29, 1.82) is 0 Å². The van der Waals surface area contributed by atoms with Crippen molar-refractivity contribution in [2.45, 2.75) is 38.7 Å². The van der Waals surface area contributed by atoms with Crippen LogP contribution in [0.3, 0.4) is 0 Å². The van der Waals surface area contributed by atoms with Crippen LogP contribution in [0, 0.1) is 17.8 Å². The summed E-state index contributed by atoms with van der Waals surface area (Å²) in [6.45, 7) is 2.27.